The number of nitrogens with zero attached hydrogens (tertiary/aromatic N) is 2. The summed E-state index contributed by atoms with van der Waals surface area (Å²) >= 11 is 1.91. The molecule has 90 valence electrons. The van der Waals surface area contributed by atoms with E-state index in [2.05, 4.69) is 24.3 Å². The first-order chi connectivity index (χ1) is 7.70. The highest BCUT2D eigenvalue weighted by molar-refractivity contribution is 7.11. The molecule has 0 bridgehead atoms. The first kappa shape index (κ1) is 12.0. The van der Waals surface area contributed by atoms with Crippen LogP contribution in [0.5, 0.6) is 0 Å². The van der Waals surface area contributed by atoms with Crippen molar-refractivity contribution in [3.63, 3.8) is 0 Å². The van der Waals surface area contributed by atoms with E-state index in [1.54, 1.807) is 0 Å². The number of rotatable bonds is 4. The summed E-state index contributed by atoms with van der Waals surface area (Å²) in [5.74, 6) is 0.640. The Morgan fingerprint density at radius 3 is 3.00 bits per heavy atom. The molecule has 0 spiro atoms. The van der Waals surface area contributed by atoms with Gasteiger partial charge in [-0.1, -0.05) is 0 Å². The van der Waals surface area contributed by atoms with Gasteiger partial charge in [0.2, 0.25) is 0 Å². The summed E-state index contributed by atoms with van der Waals surface area (Å²) in [5.41, 5.74) is 1.38. The van der Waals surface area contributed by atoms with Crippen LogP contribution in [0.1, 0.15) is 34.3 Å². The molecule has 1 aliphatic carbocycles. The molecular weight excluding hydrogens is 218 g/mol. The molecule has 1 N–H and O–H groups in total. The molecule has 2 rings (SSSR count). The second-order valence-corrected chi connectivity index (χ2v) is 5.97. The fraction of sp³-hybridized carbons (Fsp3) is 0.750. The number of hydrogen-bond donors (Lipinski definition) is 1. The first-order valence-corrected chi connectivity index (χ1v) is 6.80. The van der Waals surface area contributed by atoms with Crippen molar-refractivity contribution in [1.82, 2.24) is 15.2 Å². The third-order valence-corrected chi connectivity index (χ3v) is 4.13. The van der Waals surface area contributed by atoms with Gasteiger partial charge in [-0.3, -0.25) is 0 Å². The molecule has 1 unspecified atom stereocenters. The van der Waals surface area contributed by atoms with Crippen LogP contribution in [0.4, 0.5) is 0 Å². The number of fused-ring (bicyclic) bond motifs is 1. The molecule has 16 heavy (non-hydrogen) atoms. The zero-order chi connectivity index (χ0) is 11.5. The molecule has 0 saturated heterocycles. The lowest BCUT2D eigenvalue weighted by molar-refractivity contribution is 0.400. The topological polar surface area (TPSA) is 28.2 Å². The summed E-state index contributed by atoms with van der Waals surface area (Å²) in [5, 5.41) is 4.56. The molecule has 1 heterocycles. The Bertz CT molecular complexity index is 346. The van der Waals surface area contributed by atoms with Gasteiger partial charge >= 0.3 is 0 Å². The predicted molar refractivity (Wildman–Crippen MR) is 69.1 cm³/mol. The van der Waals surface area contributed by atoms with E-state index in [9.17, 15) is 0 Å². The van der Waals surface area contributed by atoms with Gasteiger partial charge in [0.1, 0.15) is 5.01 Å². The number of thiazole rings is 1. The monoisotopic (exact) mass is 239 g/mol. The summed E-state index contributed by atoms with van der Waals surface area (Å²) in [6.45, 7) is 2.04. The summed E-state index contributed by atoms with van der Waals surface area (Å²) < 4.78 is 0. The second-order valence-electron chi connectivity index (χ2n) is 4.80. The molecule has 0 radical (unpaired) electrons. The summed E-state index contributed by atoms with van der Waals surface area (Å²) in [6, 6.07) is 0. The van der Waals surface area contributed by atoms with Gasteiger partial charge in [0.15, 0.2) is 0 Å². The van der Waals surface area contributed by atoms with Crippen LogP contribution in [0.3, 0.4) is 0 Å². The van der Waals surface area contributed by atoms with Crippen LogP contribution in [0, 0.1) is 0 Å². The smallest absolute Gasteiger partial charge is 0.107 e. The molecule has 0 aromatic carbocycles. The molecule has 4 heteroatoms. The van der Waals surface area contributed by atoms with Gasteiger partial charge in [0, 0.05) is 23.9 Å². The average molecular weight is 239 g/mol. The van der Waals surface area contributed by atoms with Crippen LogP contribution in [-0.4, -0.2) is 37.6 Å². The van der Waals surface area contributed by atoms with Crippen LogP contribution in [0.25, 0.3) is 0 Å². The van der Waals surface area contributed by atoms with Crippen molar-refractivity contribution in [3.8, 4) is 0 Å². The molecule has 0 amide bonds. The van der Waals surface area contributed by atoms with E-state index in [-0.39, 0.29) is 0 Å². The van der Waals surface area contributed by atoms with Crippen LogP contribution < -0.4 is 5.32 Å². The number of likely N-dealkylation sites (N-methyl/N-ethyl adjacent to an activating group) is 1. The lowest BCUT2D eigenvalue weighted by Gasteiger charge is -2.20. The van der Waals surface area contributed by atoms with Crippen molar-refractivity contribution in [1.29, 1.82) is 0 Å². The van der Waals surface area contributed by atoms with Crippen molar-refractivity contribution >= 4 is 11.3 Å². The number of aryl methyl sites for hydroxylation is 1. The highest BCUT2D eigenvalue weighted by Crippen LogP contribution is 2.34. The Morgan fingerprint density at radius 2 is 2.31 bits per heavy atom. The quantitative estimate of drug-likeness (QED) is 0.869. The molecule has 3 nitrogen and oxygen atoms in total. The van der Waals surface area contributed by atoms with Crippen LogP contribution in [-0.2, 0) is 13.0 Å². The number of aromatic nitrogens is 1. The van der Waals surface area contributed by atoms with E-state index in [4.69, 9.17) is 4.98 Å². The van der Waals surface area contributed by atoms with Crippen molar-refractivity contribution in [2.24, 2.45) is 0 Å². The van der Waals surface area contributed by atoms with Gasteiger partial charge < -0.3 is 10.2 Å². The van der Waals surface area contributed by atoms with Gasteiger partial charge in [0.25, 0.3) is 0 Å². The third kappa shape index (κ3) is 2.62. The predicted octanol–water partition coefficient (Wildman–Crippen LogP) is 1.84. The molecule has 1 aliphatic rings. The van der Waals surface area contributed by atoms with Gasteiger partial charge in [-0.2, -0.15) is 0 Å². The zero-order valence-corrected chi connectivity index (χ0v) is 11.2. The summed E-state index contributed by atoms with van der Waals surface area (Å²) in [7, 11) is 6.23. The van der Waals surface area contributed by atoms with Gasteiger partial charge in [-0.05, 0) is 40.4 Å². The van der Waals surface area contributed by atoms with E-state index >= 15 is 0 Å². The lowest BCUT2D eigenvalue weighted by Crippen LogP contribution is -2.21. The third-order valence-electron chi connectivity index (χ3n) is 3.02. The molecule has 0 fully saturated rings. The Labute approximate surface area is 102 Å². The van der Waals surface area contributed by atoms with Crippen LogP contribution >= 0.6 is 11.3 Å². The van der Waals surface area contributed by atoms with Crippen molar-refractivity contribution in [3.05, 3.63) is 15.6 Å². The highest BCUT2D eigenvalue weighted by Gasteiger charge is 2.24. The minimum atomic E-state index is 0.640. The zero-order valence-electron chi connectivity index (χ0n) is 10.4. The maximum Gasteiger partial charge on any atom is 0.107 e. The Kier molecular flexibility index (Phi) is 3.95. The molecule has 1 aromatic heterocycles. The minimum absolute atomic E-state index is 0.640. The SMILES string of the molecule is CNCC1CCCc2sc(CN(C)C)nc21. The Hall–Kier alpha value is -0.450. The highest BCUT2D eigenvalue weighted by atomic mass is 32.1. The molecule has 0 aliphatic heterocycles. The molecule has 0 saturated carbocycles. The number of hydrogen-bond acceptors (Lipinski definition) is 4. The lowest BCUT2D eigenvalue weighted by atomic mass is 9.91. The van der Waals surface area contributed by atoms with Gasteiger partial charge in [-0.15, -0.1) is 11.3 Å². The Morgan fingerprint density at radius 1 is 1.50 bits per heavy atom. The Balaban J connectivity index is 2.17. The van der Waals surface area contributed by atoms with E-state index < -0.39 is 0 Å². The summed E-state index contributed by atoms with van der Waals surface area (Å²) in [4.78, 5) is 8.55. The van der Waals surface area contributed by atoms with Crippen LogP contribution in [0.2, 0.25) is 0 Å². The van der Waals surface area contributed by atoms with Crippen molar-refractivity contribution in [2.45, 2.75) is 31.7 Å². The minimum Gasteiger partial charge on any atom is -0.319 e. The van der Waals surface area contributed by atoms with Crippen LogP contribution in [0.15, 0.2) is 0 Å². The largest absolute Gasteiger partial charge is 0.319 e. The van der Waals surface area contributed by atoms with Crippen molar-refractivity contribution in [2.75, 3.05) is 27.7 Å². The fourth-order valence-corrected chi connectivity index (χ4v) is 3.66. The first-order valence-electron chi connectivity index (χ1n) is 5.98. The molecule has 1 aromatic rings. The maximum atomic E-state index is 4.83. The molecular formula is C12H21N3S. The second kappa shape index (κ2) is 5.25. The standard InChI is InChI=1S/C12H21N3S/c1-13-7-9-5-4-6-10-12(9)14-11(16-10)8-15(2)3/h9,13H,4-8H2,1-3H3. The average Bonchev–Trinajstić information content (AvgIpc) is 2.60. The van der Waals surface area contributed by atoms with E-state index in [0.29, 0.717) is 5.92 Å². The van der Waals surface area contributed by atoms with Gasteiger partial charge in [-0.25, -0.2) is 4.98 Å². The summed E-state index contributed by atoms with van der Waals surface area (Å²) in [6.07, 6.45) is 3.85. The number of nitrogens with one attached hydrogen (secondary N) is 1. The van der Waals surface area contributed by atoms with E-state index in [0.717, 1.165) is 13.1 Å². The van der Waals surface area contributed by atoms with Crippen molar-refractivity contribution < 1.29 is 0 Å². The van der Waals surface area contributed by atoms with E-state index in [1.807, 2.05) is 18.4 Å². The van der Waals surface area contributed by atoms with E-state index in [1.165, 1.54) is 34.8 Å². The fourth-order valence-electron chi connectivity index (χ4n) is 2.34. The molecule has 1 atom stereocenters. The maximum absolute atomic E-state index is 4.83. The van der Waals surface area contributed by atoms with Gasteiger partial charge in [0.05, 0.1) is 5.69 Å². The normalized spacial score (nSPS) is 20.1.